The second kappa shape index (κ2) is 11.6. The molecule has 1 heterocycles. The number of aromatic nitrogens is 1. The van der Waals surface area contributed by atoms with Gasteiger partial charge in [0.2, 0.25) is 0 Å². The number of ether oxygens (including phenoxy) is 2. The highest BCUT2D eigenvalue weighted by atomic mass is 16.5. The van der Waals surface area contributed by atoms with E-state index in [0.717, 1.165) is 58.2 Å². The van der Waals surface area contributed by atoms with E-state index in [-0.39, 0.29) is 0 Å². The van der Waals surface area contributed by atoms with Crippen molar-refractivity contribution in [3.05, 3.63) is 84.9 Å². The van der Waals surface area contributed by atoms with Crippen molar-refractivity contribution in [2.75, 3.05) is 31.2 Å². The molecule has 0 atom stereocenters. The Kier molecular flexibility index (Phi) is 8.04. The zero-order valence-corrected chi connectivity index (χ0v) is 21.1. The topological polar surface area (TPSA) is 34.6 Å². The van der Waals surface area contributed by atoms with Gasteiger partial charge in [0, 0.05) is 29.9 Å². The largest absolute Gasteiger partial charge is 0.493 e. The number of pyridine rings is 1. The van der Waals surface area contributed by atoms with Crippen molar-refractivity contribution in [3.63, 3.8) is 0 Å². The molecule has 180 valence electrons. The van der Waals surface area contributed by atoms with Crippen LogP contribution in [0, 0.1) is 0 Å². The fourth-order valence-corrected chi connectivity index (χ4v) is 4.35. The van der Waals surface area contributed by atoms with E-state index < -0.39 is 0 Å². The van der Waals surface area contributed by atoms with Crippen LogP contribution < -0.4 is 14.4 Å². The van der Waals surface area contributed by atoms with Crippen LogP contribution in [0.3, 0.4) is 0 Å². The predicted molar refractivity (Wildman–Crippen MR) is 146 cm³/mol. The van der Waals surface area contributed by atoms with Gasteiger partial charge in [-0.1, -0.05) is 36.4 Å². The zero-order chi connectivity index (χ0) is 24.6. The Morgan fingerprint density at radius 3 is 1.54 bits per heavy atom. The van der Waals surface area contributed by atoms with Crippen LogP contribution in [-0.4, -0.2) is 31.3 Å². The molecule has 0 amide bonds. The lowest BCUT2D eigenvalue weighted by atomic mass is 9.99. The second-order valence-corrected chi connectivity index (χ2v) is 8.20. The van der Waals surface area contributed by atoms with E-state index in [4.69, 9.17) is 14.5 Å². The molecule has 0 aliphatic rings. The smallest absolute Gasteiger partial charge is 0.128 e. The summed E-state index contributed by atoms with van der Waals surface area (Å²) in [5, 5.41) is 0. The normalized spacial score (nSPS) is 10.7. The Labute approximate surface area is 209 Å². The molecule has 4 nitrogen and oxygen atoms in total. The molecule has 0 fully saturated rings. The van der Waals surface area contributed by atoms with Crippen LogP contribution in [0.1, 0.15) is 27.7 Å². The third kappa shape index (κ3) is 5.48. The van der Waals surface area contributed by atoms with Crippen LogP contribution in [-0.2, 0) is 0 Å². The average molecular weight is 467 g/mol. The summed E-state index contributed by atoms with van der Waals surface area (Å²) in [6, 6.07) is 29.3. The number of benzene rings is 3. The van der Waals surface area contributed by atoms with Crippen LogP contribution in [0.4, 0.5) is 5.69 Å². The molecule has 0 aliphatic heterocycles. The van der Waals surface area contributed by atoms with Crippen LogP contribution in [0.5, 0.6) is 11.5 Å². The number of anilines is 1. The third-order valence-electron chi connectivity index (χ3n) is 6.08. The van der Waals surface area contributed by atoms with Crippen LogP contribution in [0.15, 0.2) is 84.9 Å². The summed E-state index contributed by atoms with van der Waals surface area (Å²) in [5.41, 5.74) is 7.19. The highest BCUT2D eigenvalue weighted by molar-refractivity contribution is 5.80. The number of para-hydroxylation sites is 2. The van der Waals surface area contributed by atoms with E-state index >= 15 is 0 Å². The summed E-state index contributed by atoms with van der Waals surface area (Å²) in [4.78, 5) is 7.44. The minimum atomic E-state index is 0.601. The highest BCUT2D eigenvalue weighted by Crippen LogP contribution is 2.37. The number of nitrogens with zero attached hydrogens (tertiary/aromatic N) is 2. The Hall–Kier alpha value is -3.79. The molecule has 0 N–H and O–H groups in total. The monoisotopic (exact) mass is 466 g/mol. The van der Waals surface area contributed by atoms with Crippen molar-refractivity contribution in [3.8, 4) is 45.1 Å². The Bertz CT molecular complexity index is 1180. The maximum absolute atomic E-state index is 5.94. The minimum Gasteiger partial charge on any atom is -0.493 e. The molecule has 0 unspecified atom stereocenters. The number of hydrogen-bond acceptors (Lipinski definition) is 4. The van der Waals surface area contributed by atoms with Gasteiger partial charge in [0.25, 0.3) is 0 Å². The lowest BCUT2D eigenvalue weighted by Crippen LogP contribution is -2.21. The van der Waals surface area contributed by atoms with Gasteiger partial charge in [-0.15, -0.1) is 0 Å². The molecular weight excluding hydrogens is 432 g/mol. The first-order chi connectivity index (χ1) is 17.2. The van der Waals surface area contributed by atoms with Crippen molar-refractivity contribution < 1.29 is 9.47 Å². The lowest BCUT2D eigenvalue weighted by Gasteiger charge is -2.21. The summed E-state index contributed by atoms with van der Waals surface area (Å²) in [5.74, 6) is 1.67. The standard InChI is InChI=1S/C31H34N2O2/c1-5-33(6-2)25-19-17-23(18-20-25)24-21-28(26-13-9-11-15-30(26)34-7-3)32-29(22-24)27-14-10-12-16-31(27)35-8-4/h9-22H,5-8H2,1-4H3. The molecule has 4 rings (SSSR count). The Morgan fingerprint density at radius 1 is 0.600 bits per heavy atom. The van der Waals surface area contributed by atoms with E-state index in [1.54, 1.807) is 0 Å². The number of hydrogen-bond donors (Lipinski definition) is 0. The molecule has 0 radical (unpaired) electrons. The van der Waals surface area contributed by atoms with Crippen LogP contribution >= 0.6 is 0 Å². The summed E-state index contributed by atoms with van der Waals surface area (Å²) in [7, 11) is 0. The average Bonchev–Trinajstić information content (AvgIpc) is 2.90. The van der Waals surface area contributed by atoms with Gasteiger partial charge in [-0.2, -0.15) is 0 Å². The van der Waals surface area contributed by atoms with Gasteiger partial charge < -0.3 is 14.4 Å². The fraction of sp³-hybridized carbons (Fsp3) is 0.258. The van der Waals surface area contributed by atoms with E-state index in [2.05, 4.69) is 67.3 Å². The third-order valence-corrected chi connectivity index (χ3v) is 6.08. The maximum atomic E-state index is 5.94. The molecule has 0 saturated carbocycles. The molecule has 1 aromatic heterocycles. The van der Waals surface area contributed by atoms with Gasteiger partial charge in [-0.25, -0.2) is 4.98 Å². The quantitative estimate of drug-likeness (QED) is 0.239. The first-order valence-electron chi connectivity index (χ1n) is 12.5. The molecule has 0 bridgehead atoms. The van der Waals surface area contributed by atoms with Crippen LogP contribution in [0.25, 0.3) is 33.6 Å². The molecular formula is C31H34N2O2. The molecule has 4 heteroatoms. The molecule has 0 spiro atoms. The molecule has 35 heavy (non-hydrogen) atoms. The molecule has 0 aliphatic carbocycles. The second-order valence-electron chi connectivity index (χ2n) is 8.20. The van der Waals surface area contributed by atoms with Crippen molar-refractivity contribution in [2.24, 2.45) is 0 Å². The summed E-state index contributed by atoms with van der Waals surface area (Å²) < 4.78 is 11.9. The Balaban J connectivity index is 1.88. The van der Waals surface area contributed by atoms with E-state index in [1.165, 1.54) is 5.69 Å². The SMILES string of the molecule is CCOc1ccccc1-c1cc(-c2ccc(N(CC)CC)cc2)cc(-c2ccccc2OCC)n1. The van der Waals surface area contributed by atoms with Gasteiger partial charge in [0.15, 0.2) is 0 Å². The van der Waals surface area contributed by atoms with Crippen molar-refractivity contribution in [1.82, 2.24) is 4.98 Å². The summed E-state index contributed by atoms with van der Waals surface area (Å²) >= 11 is 0. The summed E-state index contributed by atoms with van der Waals surface area (Å²) in [6.45, 7) is 11.6. The van der Waals surface area contributed by atoms with Crippen molar-refractivity contribution in [1.29, 1.82) is 0 Å². The maximum Gasteiger partial charge on any atom is 0.128 e. The molecule has 4 aromatic rings. The highest BCUT2D eigenvalue weighted by Gasteiger charge is 2.15. The summed E-state index contributed by atoms with van der Waals surface area (Å²) in [6.07, 6.45) is 0. The molecule has 3 aromatic carbocycles. The van der Waals surface area contributed by atoms with E-state index in [9.17, 15) is 0 Å². The van der Waals surface area contributed by atoms with E-state index in [0.29, 0.717) is 13.2 Å². The van der Waals surface area contributed by atoms with E-state index in [1.807, 2.05) is 50.2 Å². The number of rotatable bonds is 10. The first-order valence-corrected chi connectivity index (χ1v) is 12.5. The van der Waals surface area contributed by atoms with Gasteiger partial charge in [-0.05, 0) is 87.4 Å². The van der Waals surface area contributed by atoms with Gasteiger partial charge in [0.1, 0.15) is 11.5 Å². The van der Waals surface area contributed by atoms with Gasteiger partial charge in [0.05, 0.1) is 24.6 Å². The predicted octanol–water partition coefficient (Wildman–Crippen LogP) is 7.73. The first kappa shape index (κ1) is 24.3. The van der Waals surface area contributed by atoms with Gasteiger partial charge in [-0.3, -0.25) is 0 Å². The van der Waals surface area contributed by atoms with Gasteiger partial charge >= 0.3 is 0 Å². The molecule has 0 saturated heterocycles. The zero-order valence-electron chi connectivity index (χ0n) is 21.1. The minimum absolute atomic E-state index is 0.601. The fourth-order valence-electron chi connectivity index (χ4n) is 4.35. The van der Waals surface area contributed by atoms with Crippen LogP contribution in [0.2, 0.25) is 0 Å². The van der Waals surface area contributed by atoms with Crippen molar-refractivity contribution in [2.45, 2.75) is 27.7 Å². The Morgan fingerprint density at radius 2 is 1.09 bits per heavy atom. The van der Waals surface area contributed by atoms with Crippen molar-refractivity contribution >= 4 is 5.69 Å². The lowest BCUT2D eigenvalue weighted by molar-refractivity contribution is 0.341.